The molecule has 0 unspecified atom stereocenters. The van der Waals surface area contributed by atoms with Gasteiger partial charge in [0.1, 0.15) is 29.0 Å². The second kappa shape index (κ2) is 13.2. The number of methoxy groups -OCH3 is 2. The summed E-state index contributed by atoms with van der Waals surface area (Å²) in [6, 6.07) is 25.4. The summed E-state index contributed by atoms with van der Waals surface area (Å²) in [5.41, 5.74) is 1.56. The Morgan fingerprint density at radius 1 is 0.857 bits per heavy atom. The standard InChI is InChI=1S/C31H26F2N4O4S/c1-39-27-15-8-20(16-28(27)40-2)17-29-35-36-31(42-19-30(38)34-26-14-9-21(32)18-25(26)33)37(29)22-10-12-24(13-11-22)41-23-6-4-3-5-7-23/h3-16,18H,17,19H2,1-2H3,(H,34,38). The number of nitrogens with zero attached hydrogens (tertiary/aromatic N) is 3. The monoisotopic (exact) mass is 588 g/mol. The molecule has 0 bridgehead atoms. The molecular weight excluding hydrogens is 562 g/mol. The summed E-state index contributed by atoms with van der Waals surface area (Å²) in [5.74, 6) is 1.03. The number of aromatic nitrogens is 3. The molecule has 0 aliphatic rings. The Morgan fingerprint density at radius 3 is 2.31 bits per heavy atom. The van der Waals surface area contributed by atoms with Crippen LogP contribution in [0.5, 0.6) is 23.0 Å². The van der Waals surface area contributed by atoms with E-state index in [0.29, 0.717) is 46.5 Å². The predicted octanol–water partition coefficient (Wildman–Crippen LogP) is 6.68. The van der Waals surface area contributed by atoms with E-state index in [2.05, 4.69) is 15.5 Å². The Hall–Kier alpha value is -4.90. The molecule has 1 N–H and O–H groups in total. The highest BCUT2D eigenvalue weighted by molar-refractivity contribution is 7.99. The first kappa shape index (κ1) is 28.6. The van der Waals surface area contributed by atoms with Crippen LogP contribution in [-0.2, 0) is 11.2 Å². The summed E-state index contributed by atoms with van der Waals surface area (Å²) in [6.07, 6.45) is 0.406. The van der Waals surface area contributed by atoms with E-state index < -0.39 is 17.5 Å². The number of nitrogens with one attached hydrogen (secondary N) is 1. The zero-order valence-corrected chi connectivity index (χ0v) is 23.5. The summed E-state index contributed by atoms with van der Waals surface area (Å²) in [5, 5.41) is 11.7. The van der Waals surface area contributed by atoms with Gasteiger partial charge in [0.25, 0.3) is 0 Å². The second-order valence-electron chi connectivity index (χ2n) is 8.97. The van der Waals surface area contributed by atoms with Gasteiger partial charge in [-0.15, -0.1) is 10.2 Å². The first-order valence-electron chi connectivity index (χ1n) is 12.8. The summed E-state index contributed by atoms with van der Waals surface area (Å²) in [7, 11) is 3.14. The van der Waals surface area contributed by atoms with Crippen molar-refractivity contribution >= 4 is 23.4 Å². The van der Waals surface area contributed by atoms with Crippen molar-refractivity contribution in [3.05, 3.63) is 114 Å². The first-order chi connectivity index (χ1) is 20.4. The predicted molar refractivity (Wildman–Crippen MR) is 156 cm³/mol. The number of hydrogen-bond acceptors (Lipinski definition) is 7. The molecular formula is C31H26F2N4O4S. The number of para-hydroxylation sites is 1. The smallest absolute Gasteiger partial charge is 0.234 e. The minimum atomic E-state index is -0.855. The van der Waals surface area contributed by atoms with Crippen LogP contribution in [0, 0.1) is 11.6 Å². The SMILES string of the molecule is COc1ccc(Cc2nnc(SCC(=O)Nc3ccc(F)cc3F)n2-c2ccc(Oc3ccccc3)cc2)cc1OC. The van der Waals surface area contributed by atoms with Crippen molar-refractivity contribution in [2.75, 3.05) is 25.3 Å². The molecule has 42 heavy (non-hydrogen) atoms. The molecule has 0 atom stereocenters. The molecule has 0 saturated carbocycles. The lowest BCUT2D eigenvalue weighted by molar-refractivity contribution is -0.113. The fraction of sp³-hybridized carbons (Fsp3) is 0.129. The average molecular weight is 589 g/mol. The molecule has 0 fully saturated rings. The Bertz CT molecular complexity index is 1680. The third-order valence-electron chi connectivity index (χ3n) is 6.12. The number of ether oxygens (including phenoxy) is 3. The van der Waals surface area contributed by atoms with E-state index in [1.54, 1.807) is 14.2 Å². The summed E-state index contributed by atoms with van der Waals surface area (Å²) in [6.45, 7) is 0. The number of anilines is 1. The van der Waals surface area contributed by atoms with Crippen LogP contribution < -0.4 is 19.5 Å². The molecule has 8 nitrogen and oxygen atoms in total. The zero-order valence-electron chi connectivity index (χ0n) is 22.7. The minimum Gasteiger partial charge on any atom is -0.493 e. The summed E-state index contributed by atoms with van der Waals surface area (Å²) < 4.78 is 45.8. The molecule has 4 aromatic carbocycles. The van der Waals surface area contributed by atoms with Crippen molar-refractivity contribution in [1.29, 1.82) is 0 Å². The van der Waals surface area contributed by atoms with E-state index in [1.165, 1.54) is 6.07 Å². The van der Waals surface area contributed by atoms with Crippen LogP contribution in [0.1, 0.15) is 11.4 Å². The number of halogens is 2. The number of carbonyl (C=O) groups excluding carboxylic acids is 1. The molecule has 1 aromatic heterocycles. The Kier molecular flexibility index (Phi) is 8.98. The molecule has 5 aromatic rings. The van der Waals surface area contributed by atoms with Gasteiger partial charge < -0.3 is 19.5 Å². The number of amides is 1. The molecule has 0 aliphatic heterocycles. The van der Waals surface area contributed by atoms with Gasteiger partial charge in [0.15, 0.2) is 16.7 Å². The highest BCUT2D eigenvalue weighted by atomic mass is 32.2. The van der Waals surface area contributed by atoms with Crippen molar-refractivity contribution < 1.29 is 27.8 Å². The molecule has 1 heterocycles. The van der Waals surface area contributed by atoms with Crippen LogP contribution in [0.25, 0.3) is 5.69 Å². The van der Waals surface area contributed by atoms with Gasteiger partial charge in [-0.05, 0) is 66.2 Å². The van der Waals surface area contributed by atoms with Gasteiger partial charge in [-0.25, -0.2) is 8.78 Å². The van der Waals surface area contributed by atoms with Crippen LogP contribution in [0.15, 0.2) is 96.2 Å². The van der Waals surface area contributed by atoms with Crippen molar-refractivity contribution in [3.63, 3.8) is 0 Å². The number of carbonyl (C=O) groups is 1. The quantitative estimate of drug-likeness (QED) is 0.172. The fourth-order valence-electron chi connectivity index (χ4n) is 4.14. The highest BCUT2D eigenvalue weighted by Crippen LogP contribution is 2.31. The van der Waals surface area contributed by atoms with Crippen molar-refractivity contribution in [2.24, 2.45) is 0 Å². The van der Waals surface area contributed by atoms with Gasteiger partial charge in [0, 0.05) is 18.2 Å². The summed E-state index contributed by atoms with van der Waals surface area (Å²) >= 11 is 1.14. The van der Waals surface area contributed by atoms with Crippen LogP contribution in [0.2, 0.25) is 0 Å². The molecule has 0 saturated heterocycles. The van der Waals surface area contributed by atoms with Gasteiger partial charge in [-0.2, -0.15) is 0 Å². The Morgan fingerprint density at radius 2 is 1.60 bits per heavy atom. The van der Waals surface area contributed by atoms with E-state index in [0.717, 1.165) is 29.1 Å². The van der Waals surface area contributed by atoms with Crippen LogP contribution >= 0.6 is 11.8 Å². The second-order valence-corrected chi connectivity index (χ2v) is 9.91. The lowest BCUT2D eigenvalue weighted by atomic mass is 10.1. The molecule has 5 rings (SSSR count). The van der Waals surface area contributed by atoms with Crippen molar-refractivity contribution in [1.82, 2.24) is 14.8 Å². The van der Waals surface area contributed by atoms with Gasteiger partial charge in [-0.3, -0.25) is 9.36 Å². The number of benzene rings is 4. The van der Waals surface area contributed by atoms with Gasteiger partial charge in [0.2, 0.25) is 5.91 Å². The maximum absolute atomic E-state index is 14.0. The van der Waals surface area contributed by atoms with Gasteiger partial charge in [0.05, 0.1) is 25.7 Å². The maximum Gasteiger partial charge on any atom is 0.234 e. The minimum absolute atomic E-state index is 0.0828. The zero-order chi connectivity index (χ0) is 29.5. The fourth-order valence-corrected chi connectivity index (χ4v) is 4.91. The molecule has 0 radical (unpaired) electrons. The Labute approximate surface area is 245 Å². The third-order valence-corrected chi connectivity index (χ3v) is 7.05. The van der Waals surface area contributed by atoms with Crippen LogP contribution in [0.3, 0.4) is 0 Å². The average Bonchev–Trinajstić information content (AvgIpc) is 3.40. The van der Waals surface area contributed by atoms with E-state index in [1.807, 2.05) is 77.4 Å². The van der Waals surface area contributed by atoms with E-state index >= 15 is 0 Å². The molecule has 214 valence electrons. The van der Waals surface area contributed by atoms with E-state index in [9.17, 15) is 13.6 Å². The maximum atomic E-state index is 14.0. The summed E-state index contributed by atoms with van der Waals surface area (Å²) in [4.78, 5) is 12.6. The number of hydrogen-bond donors (Lipinski definition) is 1. The first-order valence-corrected chi connectivity index (χ1v) is 13.8. The Balaban J connectivity index is 1.40. The van der Waals surface area contributed by atoms with E-state index in [-0.39, 0.29) is 11.4 Å². The van der Waals surface area contributed by atoms with E-state index in [4.69, 9.17) is 14.2 Å². The highest BCUT2D eigenvalue weighted by Gasteiger charge is 2.18. The largest absolute Gasteiger partial charge is 0.493 e. The normalized spacial score (nSPS) is 10.8. The van der Waals surface area contributed by atoms with Gasteiger partial charge >= 0.3 is 0 Å². The number of rotatable bonds is 11. The van der Waals surface area contributed by atoms with Crippen LogP contribution in [-0.4, -0.2) is 40.6 Å². The molecule has 1 amide bonds. The lowest BCUT2D eigenvalue weighted by Gasteiger charge is -2.13. The lowest BCUT2D eigenvalue weighted by Crippen LogP contribution is -2.15. The molecule has 0 aliphatic carbocycles. The molecule has 0 spiro atoms. The van der Waals surface area contributed by atoms with Crippen molar-refractivity contribution in [2.45, 2.75) is 11.6 Å². The van der Waals surface area contributed by atoms with Crippen molar-refractivity contribution in [3.8, 4) is 28.7 Å². The third kappa shape index (κ3) is 6.87. The topological polar surface area (TPSA) is 87.5 Å². The number of thioether (sulfide) groups is 1. The van der Waals surface area contributed by atoms with Gasteiger partial charge in [-0.1, -0.05) is 36.0 Å². The van der Waals surface area contributed by atoms with Crippen LogP contribution in [0.4, 0.5) is 14.5 Å². The molecule has 11 heteroatoms.